The van der Waals surface area contributed by atoms with Crippen molar-refractivity contribution in [2.45, 2.75) is 70.6 Å². The predicted octanol–water partition coefficient (Wildman–Crippen LogP) is 3.96. The van der Waals surface area contributed by atoms with E-state index < -0.39 is 5.97 Å². The van der Waals surface area contributed by atoms with Crippen molar-refractivity contribution in [1.82, 2.24) is 9.97 Å². The van der Waals surface area contributed by atoms with Gasteiger partial charge in [0.15, 0.2) is 0 Å². The topological polar surface area (TPSA) is 63.1 Å². The summed E-state index contributed by atoms with van der Waals surface area (Å²) in [6, 6.07) is 0. The quantitative estimate of drug-likeness (QED) is 0.904. The van der Waals surface area contributed by atoms with Crippen LogP contribution in [-0.2, 0) is 6.42 Å². The smallest absolute Gasteiger partial charge is 0.339 e. The number of carbonyl (C=O) groups is 1. The van der Waals surface area contributed by atoms with Crippen molar-refractivity contribution < 1.29 is 9.90 Å². The molecule has 110 valence electrons. The van der Waals surface area contributed by atoms with Crippen LogP contribution >= 0.6 is 0 Å². The lowest BCUT2D eigenvalue weighted by Crippen LogP contribution is -2.13. The molecule has 0 aliphatic heterocycles. The Bertz CT molecular complexity index is 452. The average molecular weight is 276 g/mol. The van der Waals surface area contributed by atoms with Crippen LogP contribution in [-0.4, -0.2) is 21.0 Å². The highest BCUT2D eigenvalue weighted by Gasteiger charge is 2.19. The fraction of sp³-hybridized carbons (Fsp3) is 0.688. The van der Waals surface area contributed by atoms with Gasteiger partial charge in [-0.05, 0) is 19.3 Å². The third-order valence-electron chi connectivity index (χ3n) is 4.07. The van der Waals surface area contributed by atoms with E-state index in [1.165, 1.54) is 38.3 Å². The van der Waals surface area contributed by atoms with E-state index in [-0.39, 0.29) is 5.56 Å². The molecule has 1 N–H and O–H groups in total. The Hall–Kier alpha value is -1.45. The van der Waals surface area contributed by atoms with Gasteiger partial charge < -0.3 is 5.11 Å². The molecule has 1 aromatic rings. The largest absolute Gasteiger partial charge is 0.478 e. The molecule has 0 radical (unpaired) electrons. The number of rotatable bonds is 4. The normalized spacial score (nSPS) is 17.4. The van der Waals surface area contributed by atoms with Crippen LogP contribution in [0, 0.1) is 0 Å². The van der Waals surface area contributed by atoms with Gasteiger partial charge in [-0.3, -0.25) is 0 Å². The molecular formula is C16H24N2O2. The van der Waals surface area contributed by atoms with Gasteiger partial charge in [0, 0.05) is 12.1 Å². The first-order valence-corrected chi connectivity index (χ1v) is 7.81. The van der Waals surface area contributed by atoms with Crippen molar-refractivity contribution >= 4 is 5.97 Å². The SMILES string of the molecule is CCCc1nc(C2CCCCCCC2)ncc1C(=O)O. The van der Waals surface area contributed by atoms with Crippen LogP contribution in [0.3, 0.4) is 0 Å². The maximum Gasteiger partial charge on any atom is 0.339 e. The highest BCUT2D eigenvalue weighted by molar-refractivity contribution is 5.88. The second-order valence-corrected chi connectivity index (χ2v) is 5.69. The second-order valence-electron chi connectivity index (χ2n) is 5.69. The summed E-state index contributed by atoms with van der Waals surface area (Å²) in [5.41, 5.74) is 0.966. The van der Waals surface area contributed by atoms with Gasteiger partial charge in [-0.1, -0.05) is 45.4 Å². The van der Waals surface area contributed by atoms with Crippen molar-refractivity contribution in [2.24, 2.45) is 0 Å². The lowest BCUT2D eigenvalue weighted by atomic mass is 9.90. The first kappa shape index (κ1) is 14.9. The van der Waals surface area contributed by atoms with Crippen LogP contribution in [0.15, 0.2) is 6.20 Å². The van der Waals surface area contributed by atoms with E-state index in [9.17, 15) is 9.90 Å². The molecule has 1 aliphatic rings. The molecule has 0 bridgehead atoms. The summed E-state index contributed by atoms with van der Waals surface area (Å²) in [5.74, 6) is 0.353. The Morgan fingerprint density at radius 3 is 2.50 bits per heavy atom. The molecule has 2 rings (SSSR count). The molecule has 1 saturated carbocycles. The van der Waals surface area contributed by atoms with E-state index >= 15 is 0 Å². The van der Waals surface area contributed by atoms with Gasteiger partial charge in [-0.2, -0.15) is 0 Å². The number of nitrogens with zero attached hydrogens (tertiary/aromatic N) is 2. The van der Waals surface area contributed by atoms with E-state index in [1.54, 1.807) is 0 Å². The Morgan fingerprint density at radius 2 is 1.90 bits per heavy atom. The van der Waals surface area contributed by atoms with Crippen molar-refractivity contribution in [3.8, 4) is 0 Å². The van der Waals surface area contributed by atoms with Gasteiger partial charge in [-0.25, -0.2) is 14.8 Å². The molecule has 0 amide bonds. The molecule has 4 nitrogen and oxygen atoms in total. The zero-order valence-corrected chi connectivity index (χ0v) is 12.3. The number of carboxylic acids is 1. The van der Waals surface area contributed by atoms with Crippen LogP contribution in [0.5, 0.6) is 0 Å². The van der Waals surface area contributed by atoms with Crippen LogP contribution in [0.25, 0.3) is 0 Å². The van der Waals surface area contributed by atoms with Gasteiger partial charge in [0.1, 0.15) is 5.82 Å². The highest BCUT2D eigenvalue weighted by Crippen LogP contribution is 2.29. The first-order chi connectivity index (χ1) is 9.72. The number of carboxylic acid groups (broad SMARTS) is 1. The maximum absolute atomic E-state index is 11.2. The molecule has 1 fully saturated rings. The predicted molar refractivity (Wildman–Crippen MR) is 78.0 cm³/mol. The molecular weight excluding hydrogens is 252 g/mol. The van der Waals surface area contributed by atoms with E-state index in [0.717, 1.165) is 25.1 Å². The van der Waals surface area contributed by atoms with Gasteiger partial charge in [0.05, 0.1) is 11.3 Å². The summed E-state index contributed by atoms with van der Waals surface area (Å²) >= 11 is 0. The number of hydrogen-bond donors (Lipinski definition) is 1. The lowest BCUT2D eigenvalue weighted by molar-refractivity contribution is 0.0694. The minimum Gasteiger partial charge on any atom is -0.478 e. The molecule has 1 aromatic heterocycles. The second kappa shape index (κ2) is 7.36. The summed E-state index contributed by atoms with van der Waals surface area (Å²) in [5, 5.41) is 9.20. The van der Waals surface area contributed by atoms with Crippen LogP contribution in [0.2, 0.25) is 0 Å². The number of aromatic nitrogens is 2. The zero-order valence-electron chi connectivity index (χ0n) is 12.3. The van der Waals surface area contributed by atoms with Gasteiger partial charge in [-0.15, -0.1) is 0 Å². The Labute approximate surface area is 120 Å². The van der Waals surface area contributed by atoms with Crippen molar-refractivity contribution in [1.29, 1.82) is 0 Å². The third-order valence-corrected chi connectivity index (χ3v) is 4.07. The molecule has 0 spiro atoms. The molecule has 0 unspecified atom stereocenters. The van der Waals surface area contributed by atoms with E-state index in [4.69, 9.17) is 0 Å². The fourth-order valence-electron chi connectivity index (χ4n) is 2.95. The van der Waals surface area contributed by atoms with E-state index in [0.29, 0.717) is 18.0 Å². The molecule has 4 heteroatoms. The summed E-state index contributed by atoms with van der Waals surface area (Å²) in [7, 11) is 0. The summed E-state index contributed by atoms with van der Waals surface area (Å²) < 4.78 is 0. The minimum absolute atomic E-state index is 0.265. The van der Waals surface area contributed by atoms with Crippen molar-refractivity contribution in [2.75, 3.05) is 0 Å². The number of aryl methyl sites for hydroxylation is 1. The molecule has 0 atom stereocenters. The van der Waals surface area contributed by atoms with Crippen molar-refractivity contribution in [3.05, 3.63) is 23.3 Å². The van der Waals surface area contributed by atoms with E-state index in [1.807, 2.05) is 6.92 Å². The third kappa shape index (κ3) is 3.78. The number of aromatic carboxylic acids is 1. The highest BCUT2D eigenvalue weighted by atomic mass is 16.4. The lowest BCUT2D eigenvalue weighted by Gasteiger charge is -2.19. The molecule has 1 heterocycles. The van der Waals surface area contributed by atoms with Crippen LogP contribution in [0.1, 0.15) is 86.1 Å². The minimum atomic E-state index is -0.919. The zero-order chi connectivity index (χ0) is 14.4. The fourth-order valence-corrected chi connectivity index (χ4v) is 2.95. The maximum atomic E-state index is 11.2. The Morgan fingerprint density at radius 1 is 1.25 bits per heavy atom. The van der Waals surface area contributed by atoms with Crippen LogP contribution < -0.4 is 0 Å². The summed E-state index contributed by atoms with van der Waals surface area (Å²) in [4.78, 5) is 20.1. The van der Waals surface area contributed by atoms with Crippen molar-refractivity contribution in [3.63, 3.8) is 0 Å². The van der Waals surface area contributed by atoms with Crippen LogP contribution in [0.4, 0.5) is 0 Å². The first-order valence-electron chi connectivity index (χ1n) is 7.81. The van der Waals surface area contributed by atoms with Gasteiger partial charge in [0.2, 0.25) is 0 Å². The Kier molecular flexibility index (Phi) is 5.50. The standard InChI is InChI=1S/C16H24N2O2/c1-2-8-14-13(16(19)20)11-17-15(18-14)12-9-6-4-3-5-7-10-12/h11-12H,2-10H2,1H3,(H,19,20). The number of hydrogen-bond acceptors (Lipinski definition) is 3. The molecule has 20 heavy (non-hydrogen) atoms. The summed E-state index contributed by atoms with van der Waals surface area (Å²) in [6.07, 6.45) is 11.8. The van der Waals surface area contributed by atoms with Gasteiger partial charge in [0.25, 0.3) is 0 Å². The molecule has 0 saturated heterocycles. The average Bonchev–Trinajstić information content (AvgIpc) is 2.38. The molecule has 1 aliphatic carbocycles. The summed E-state index contributed by atoms with van der Waals surface area (Å²) in [6.45, 7) is 2.04. The Balaban J connectivity index is 2.22. The van der Waals surface area contributed by atoms with E-state index in [2.05, 4.69) is 9.97 Å². The molecule has 0 aromatic carbocycles. The van der Waals surface area contributed by atoms with Gasteiger partial charge >= 0.3 is 5.97 Å². The monoisotopic (exact) mass is 276 g/mol.